The van der Waals surface area contributed by atoms with E-state index in [1.807, 2.05) is 0 Å². The molecule has 5 heteroatoms. The highest BCUT2D eigenvalue weighted by Gasteiger charge is 2.43. The second kappa shape index (κ2) is 3.61. The third-order valence-electron chi connectivity index (χ3n) is 2.39. The van der Waals surface area contributed by atoms with E-state index in [0.717, 1.165) is 0 Å². The topological polar surface area (TPSA) is 81.0 Å². The largest absolute Gasteiger partial charge is 0.391 e. The molecular weight excluding hydrogens is 174 g/mol. The van der Waals surface area contributed by atoms with Gasteiger partial charge in [-0.2, -0.15) is 0 Å². The number of β-amino-alcohol motifs (C(OH)–C–C–N with tert-alkyl or cyclic N) is 1. The van der Waals surface area contributed by atoms with Crippen molar-refractivity contribution >= 4 is 5.91 Å². The van der Waals surface area contributed by atoms with E-state index in [0.29, 0.717) is 0 Å². The standard InChI is InChI=1S/C8H15NO4/c1-4(10)7-8(13)6(12)3-9(7)5(2)11/h4,6-8,10,12-13H,3H2,1-2H3/t4-,6+,7+,8+/m1/s1. The van der Waals surface area contributed by atoms with Crippen LogP contribution in [0.15, 0.2) is 0 Å². The fraction of sp³-hybridized carbons (Fsp3) is 0.875. The van der Waals surface area contributed by atoms with Crippen LogP contribution in [0.1, 0.15) is 13.8 Å². The minimum absolute atomic E-state index is 0.0894. The Balaban J connectivity index is 2.80. The lowest BCUT2D eigenvalue weighted by Gasteiger charge is -2.26. The fourth-order valence-corrected chi connectivity index (χ4v) is 1.73. The molecule has 0 spiro atoms. The van der Waals surface area contributed by atoms with Crippen molar-refractivity contribution in [3.8, 4) is 0 Å². The van der Waals surface area contributed by atoms with Gasteiger partial charge in [-0.1, -0.05) is 0 Å². The monoisotopic (exact) mass is 189 g/mol. The summed E-state index contributed by atoms with van der Waals surface area (Å²) in [4.78, 5) is 12.3. The number of rotatable bonds is 1. The molecule has 0 aromatic carbocycles. The Morgan fingerprint density at radius 2 is 2.08 bits per heavy atom. The second-order valence-corrected chi connectivity index (χ2v) is 3.46. The van der Waals surface area contributed by atoms with Crippen molar-refractivity contribution in [2.75, 3.05) is 6.54 Å². The predicted octanol–water partition coefficient (Wildman–Crippen LogP) is -1.68. The van der Waals surface area contributed by atoms with Crippen LogP contribution >= 0.6 is 0 Å². The Hall–Kier alpha value is -0.650. The number of nitrogens with zero attached hydrogens (tertiary/aromatic N) is 1. The molecule has 0 aromatic heterocycles. The zero-order valence-corrected chi connectivity index (χ0v) is 7.71. The van der Waals surface area contributed by atoms with Gasteiger partial charge in [-0.3, -0.25) is 4.79 Å². The molecule has 3 N–H and O–H groups in total. The van der Waals surface area contributed by atoms with Crippen molar-refractivity contribution in [2.24, 2.45) is 0 Å². The number of hydrogen-bond acceptors (Lipinski definition) is 4. The molecule has 1 fully saturated rings. The fourth-order valence-electron chi connectivity index (χ4n) is 1.73. The quantitative estimate of drug-likeness (QED) is 0.460. The Kier molecular flexibility index (Phi) is 2.90. The van der Waals surface area contributed by atoms with E-state index in [4.69, 9.17) is 0 Å². The summed E-state index contributed by atoms with van der Waals surface area (Å²) in [5, 5.41) is 28.0. The molecule has 0 aromatic rings. The lowest BCUT2D eigenvalue weighted by Crippen LogP contribution is -2.45. The maximum absolute atomic E-state index is 11.0. The van der Waals surface area contributed by atoms with Gasteiger partial charge in [0.1, 0.15) is 6.10 Å². The molecule has 5 nitrogen and oxygen atoms in total. The van der Waals surface area contributed by atoms with Gasteiger partial charge in [0, 0.05) is 13.5 Å². The Morgan fingerprint density at radius 1 is 1.54 bits per heavy atom. The summed E-state index contributed by atoms with van der Waals surface area (Å²) in [6.07, 6.45) is -2.84. The van der Waals surface area contributed by atoms with Gasteiger partial charge >= 0.3 is 0 Å². The normalized spacial score (nSPS) is 36.4. The van der Waals surface area contributed by atoms with Crippen LogP contribution in [-0.4, -0.2) is 57.0 Å². The van der Waals surface area contributed by atoms with Crippen molar-refractivity contribution in [3.05, 3.63) is 0 Å². The van der Waals surface area contributed by atoms with E-state index in [1.54, 1.807) is 0 Å². The van der Waals surface area contributed by atoms with Crippen molar-refractivity contribution in [1.82, 2.24) is 4.90 Å². The average molecular weight is 189 g/mol. The molecule has 1 saturated heterocycles. The van der Waals surface area contributed by atoms with Crippen molar-refractivity contribution < 1.29 is 20.1 Å². The van der Waals surface area contributed by atoms with E-state index in [9.17, 15) is 20.1 Å². The van der Waals surface area contributed by atoms with Gasteiger partial charge < -0.3 is 20.2 Å². The third kappa shape index (κ3) is 1.82. The maximum atomic E-state index is 11.0. The summed E-state index contributed by atoms with van der Waals surface area (Å²) in [7, 11) is 0. The van der Waals surface area contributed by atoms with Crippen molar-refractivity contribution in [3.63, 3.8) is 0 Å². The highest BCUT2D eigenvalue weighted by atomic mass is 16.3. The van der Waals surface area contributed by atoms with Crippen LogP contribution in [0, 0.1) is 0 Å². The SMILES string of the molecule is CC(=O)N1C[C@H](O)[C@H](O)[C@@H]1[C@@H](C)O. The van der Waals surface area contributed by atoms with Crippen LogP contribution in [0.3, 0.4) is 0 Å². The number of carbonyl (C=O) groups is 1. The highest BCUT2D eigenvalue weighted by Crippen LogP contribution is 2.21. The first kappa shape index (κ1) is 10.4. The molecule has 0 radical (unpaired) electrons. The van der Waals surface area contributed by atoms with E-state index >= 15 is 0 Å². The molecule has 1 amide bonds. The molecule has 1 aliphatic heterocycles. The third-order valence-corrected chi connectivity index (χ3v) is 2.39. The van der Waals surface area contributed by atoms with Crippen LogP contribution in [0.2, 0.25) is 0 Å². The summed E-state index contributed by atoms with van der Waals surface area (Å²) >= 11 is 0. The molecular formula is C8H15NO4. The van der Waals surface area contributed by atoms with Crippen LogP contribution in [0.25, 0.3) is 0 Å². The summed E-state index contributed by atoms with van der Waals surface area (Å²) in [5.74, 6) is -0.249. The molecule has 1 rings (SSSR count). The van der Waals surface area contributed by atoms with Gasteiger partial charge in [0.2, 0.25) is 5.91 Å². The molecule has 0 unspecified atom stereocenters. The summed E-state index contributed by atoms with van der Waals surface area (Å²) in [5.41, 5.74) is 0. The lowest BCUT2D eigenvalue weighted by molar-refractivity contribution is -0.133. The zero-order valence-electron chi connectivity index (χ0n) is 7.71. The molecule has 0 saturated carbocycles. The van der Waals surface area contributed by atoms with Gasteiger partial charge in [-0.05, 0) is 6.92 Å². The zero-order chi connectivity index (χ0) is 10.2. The first-order valence-corrected chi connectivity index (χ1v) is 4.26. The molecule has 0 bridgehead atoms. The molecule has 4 atom stereocenters. The van der Waals surface area contributed by atoms with Gasteiger partial charge in [0.15, 0.2) is 0 Å². The molecule has 1 aliphatic rings. The number of likely N-dealkylation sites (tertiary alicyclic amines) is 1. The number of carbonyl (C=O) groups excluding carboxylic acids is 1. The van der Waals surface area contributed by atoms with Gasteiger partial charge in [0.05, 0.1) is 18.2 Å². The first-order chi connectivity index (χ1) is 5.95. The second-order valence-electron chi connectivity index (χ2n) is 3.46. The smallest absolute Gasteiger partial charge is 0.219 e. The summed E-state index contributed by atoms with van der Waals surface area (Å²) in [6.45, 7) is 2.92. The van der Waals surface area contributed by atoms with Crippen LogP contribution in [0.4, 0.5) is 0 Å². The predicted molar refractivity (Wildman–Crippen MR) is 44.9 cm³/mol. The van der Waals surface area contributed by atoms with E-state index < -0.39 is 24.4 Å². The molecule has 1 heterocycles. The maximum Gasteiger partial charge on any atom is 0.219 e. The van der Waals surface area contributed by atoms with Gasteiger partial charge in [-0.25, -0.2) is 0 Å². The Labute approximate surface area is 76.6 Å². The van der Waals surface area contributed by atoms with E-state index in [-0.39, 0.29) is 12.5 Å². The van der Waals surface area contributed by atoms with Crippen LogP contribution in [0.5, 0.6) is 0 Å². The average Bonchev–Trinajstić information content (AvgIpc) is 2.28. The lowest BCUT2D eigenvalue weighted by atomic mass is 10.1. The number of aliphatic hydroxyl groups is 3. The molecule has 13 heavy (non-hydrogen) atoms. The van der Waals surface area contributed by atoms with Gasteiger partial charge in [0.25, 0.3) is 0 Å². The Morgan fingerprint density at radius 3 is 2.38 bits per heavy atom. The van der Waals surface area contributed by atoms with Crippen LogP contribution in [-0.2, 0) is 4.79 Å². The number of amides is 1. The van der Waals surface area contributed by atoms with Crippen molar-refractivity contribution in [1.29, 1.82) is 0 Å². The van der Waals surface area contributed by atoms with Crippen molar-refractivity contribution in [2.45, 2.75) is 38.2 Å². The molecule has 76 valence electrons. The number of hydrogen-bond donors (Lipinski definition) is 3. The first-order valence-electron chi connectivity index (χ1n) is 4.26. The number of aliphatic hydroxyl groups excluding tert-OH is 3. The van der Waals surface area contributed by atoms with Crippen LogP contribution < -0.4 is 0 Å². The van der Waals surface area contributed by atoms with E-state index in [2.05, 4.69) is 0 Å². The minimum atomic E-state index is -1.05. The summed E-state index contributed by atoms with van der Waals surface area (Å²) < 4.78 is 0. The summed E-state index contributed by atoms with van der Waals surface area (Å²) in [6, 6.07) is -0.688. The van der Waals surface area contributed by atoms with E-state index in [1.165, 1.54) is 18.7 Å². The van der Waals surface area contributed by atoms with Gasteiger partial charge in [-0.15, -0.1) is 0 Å². The Bertz CT molecular complexity index is 206. The molecule has 0 aliphatic carbocycles. The minimum Gasteiger partial charge on any atom is -0.391 e. The highest BCUT2D eigenvalue weighted by molar-refractivity contribution is 5.74.